The summed E-state index contributed by atoms with van der Waals surface area (Å²) in [5.74, 6) is -0.105. The summed E-state index contributed by atoms with van der Waals surface area (Å²) in [6.45, 7) is 6.28. The molecule has 0 spiro atoms. The zero-order chi connectivity index (χ0) is 21.8. The van der Waals surface area contributed by atoms with Gasteiger partial charge in [0.25, 0.3) is 5.91 Å². The number of hydrogen-bond acceptors (Lipinski definition) is 6. The SMILES string of the molecule is CNS(=O)(=O)c1cc(C(=O)N2CCC(NC(=O)OC(C)(C)C)CC2)ccc1OC. The van der Waals surface area contributed by atoms with Crippen LogP contribution in [0.25, 0.3) is 0 Å². The summed E-state index contributed by atoms with van der Waals surface area (Å²) in [6, 6.07) is 4.25. The number of rotatable bonds is 5. The maximum absolute atomic E-state index is 12.8. The van der Waals surface area contributed by atoms with Gasteiger partial charge < -0.3 is 19.7 Å². The van der Waals surface area contributed by atoms with Crippen molar-refractivity contribution in [2.24, 2.45) is 0 Å². The van der Waals surface area contributed by atoms with Crippen LogP contribution in [0, 0.1) is 0 Å². The maximum atomic E-state index is 12.8. The first kappa shape index (κ1) is 23.0. The van der Waals surface area contributed by atoms with Crippen molar-refractivity contribution in [3.8, 4) is 5.75 Å². The smallest absolute Gasteiger partial charge is 0.407 e. The van der Waals surface area contributed by atoms with Gasteiger partial charge in [-0.3, -0.25) is 4.79 Å². The second-order valence-corrected chi connectivity index (χ2v) is 9.64. The van der Waals surface area contributed by atoms with Gasteiger partial charge in [0.05, 0.1) is 7.11 Å². The zero-order valence-electron chi connectivity index (χ0n) is 17.4. The summed E-state index contributed by atoms with van der Waals surface area (Å²) in [7, 11) is -1.11. The van der Waals surface area contributed by atoms with Crippen molar-refractivity contribution < 1.29 is 27.5 Å². The van der Waals surface area contributed by atoms with Gasteiger partial charge in [-0.15, -0.1) is 0 Å². The van der Waals surface area contributed by atoms with Gasteiger partial charge >= 0.3 is 6.09 Å². The number of nitrogens with one attached hydrogen (secondary N) is 2. The lowest BCUT2D eigenvalue weighted by atomic mass is 10.0. The lowest BCUT2D eigenvalue weighted by molar-refractivity contribution is 0.0473. The average molecular weight is 428 g/mol. The number of methoxy groups -OCH3 is 1. The van der Waals surface area contributed by atoms with Crippen molar-refractivity contribution in [3.05, 3.63) is 23.8 Å². The number of amides is 2. The minimum absolute atomic E-state index is 0.0787. The van der Waals surface area contributed by atoms with Crippen LogP contribution in [0.3, 0.4) is 0 Å². The van der Waals surface area contributed by atoms with Gasteiger partial charge in [0.15, 0.2) is 0 Å². The largest absolute Gasteiger partial charge is 0.495 e. The van der Waals surface area contributed by atoms with Crippen LogP contribution >= 0.6 is 0 Å². The van der Waals surface area contributed by atoms with Crippen LogP contribution in [-0.2, 0) is 14.8 Å². The number of carbonyl (C=O) groups excluding carboxylic acids is 2. The van der Waals surface area contributed by atoms with E-state index in [1.54, 1.807) is 31.7 Å². The van der Waals surface area contributed by atoms with E-state index in [9.17, 15) is 18.0 Å². The fourth-order valence-corrected chi connectivity index (χ4v) is 3.93. The molecule has 9 nitrogen and oxygen atoms in total. The first-order chi connectivity index (χ1) is 13.5. The van der Waals surface area contributed by atoms with E-state index >= 15 is 0 Å². The van der Waals surface area contributed by atoms with Crippen molar-refractivity contribution in [2.75, 3.05) is 27.2 Å². The fraction of sp³-hybridized carbons (Fsp3) is 0.579. The van der Waals surface area contributed by atoms with Crippen molar-refractivity contribution in [1.82, 2.24) is 14.9 Å². The van der Waals surface area contributed by atoms with Crippen molar-refractivity contribution in [3.63, 3.8) is 0 Å². The quantitative estimate of drug-likeness (QED) is 0.740. The third-order valence-electron chi connectivity index (χ3n) is 4.47. The van der Waals surface area contributed by atoms with Crippen LogP contribution in [0.4, 0.5) is 4.79 Å². The Morgan fingerprint density at radius 2 is 1.79 bits per heavy atom. The molecule has 1 saturated heterocycles. The summed E-state index contributed by atoms with van der Waals surface area (Å²) in [4.78, 5) is 26.3. The number of benzene rings is 1. The zero-order valence-corrected chi connectivity index (χ0v) is 18.3. The molecule has 0 saturated carbocycles. The lowest BCUT2D eigenvalue weighted by Gasteiger charge is -2.33. The topological polar surface area (TPSA) is 114 Å². The van der Waals surface area contributed by atoms with Crippen LogP contribution in [-0.4, -0.2) is 64.2 Å². The van der Waals surface area contributed by atoms with Crippen LogP contribution < -0.4 is 14.8 Å². The molecule has 1 aliphatic rings. The summed E-state index contributed by atoms with van der Waals surface area (Å²) in [5.41, 5.74) is -0.307. The van der Waals surface area contributed by atoms with E-state index in [0.29, 0.717) is 25.9 Å². The molecule has 1 heterocycles. The van der Waals surface area contributed by atoms with Crippen LogP contribution in [0.2, 0.25) is 0 Å². The van der Waals surface area contributed by atoms with Crippen LogP contribution in [0.1, 0.15) is 44.0 Å². The molecule has 0 unspecified atom stereocenters. The number of likely N-dealkylation sites (tertiary alicyclic amines) is 1. The molecule has 0 radical (unpaired) electrons. The Morgan fingerprint density at radius 3 is 2.31 bits per heavy atom. The van der Waals surface area contributed by atoms with Crippen molar-refractivity contribution in [1.29, 1.82) is 0 Å². The van der Waals surface area contributed by atoms with E-state index in [-0.39, 0.29) is 28.2 Å². The van der Waals surface area contributed by atoms with E-state index in [1.165, 1.54) is 26.3 Å². The molecule has 1 fully saturated rings. The van der Waals surface area contributed by atoms with E-state index < -0.39 is 21.7 Å². The monoisotopic (exact) mass is 427 g/mol. The summed E-state index contributed by atoms with van der Waals surface area (Å²) in [5, 5.41) is 2.82. The highest BCUT2D eigenvalue weighted by atomic mass is 32.2. The number of ether oxygens (including phenoxy) is 2. The van der Waals surface area contributed by atoms with Crippen molar-refractivity contribution >= 4 is 22.0 Å². The van der Waals surface area contributed by atoms with E-state index in [0.717, 1.165) is 0 Å². The Labute approximate surface area is 171 Å². The molecule has 2 rings (SSSR count). The first-order valence-corrected chi connectivity index (χ1v) is 10.9. The Bertz CT molecular complexity index is 855. The Morgan fingerprint density at radius 1 is 1.17 bits per heavy atom. The number of hydrogen-bond donors (Lipinski definition) is 2. The van der Waals surface area contributed by atoms with Crippen molar-refractivity contribution in [2.45, 2.75) is 50.2 Å². The Balaban J connectivity index is 2.04. The number of carbonyl (C=O) groups is 2. The van der Waals surface area contributed by atoms with Gasteiger partial charge in [-0.25, -0.2) is 17.9 Å². The van der Waals surface area contributed by atoms with Gasteiger partial charge in [-0.2, -0.15) is 0 Å². The fourth-order valence-electron chi connectivity index (χ4n) is 3.01. The van der Waals surface area contributed by atoms with Gasteiger partial charge in [0.2, 0.25) is 10.0 Å². The molecule has 0 atom stereocenters. The second kappa shape index (κ2) is 9.00. The Hall–Kier alpha value is -2.33. The third kappa shape index (κ3) is 6.07. The van der Waals surface area contributed by atoms with E-state index in [1.807, 2.05) is 0 Å². The normalized spacial score (nSPS) is 15.7. The van der Waals surface area contributed by atoms with Gasteiger partial charge in [0.1, 0.15) is 16.2 Å². The molecule has 29 heavy (non-hydrogen) atoms. The van der Waals surface area contributed by atoms with Gasteiger partial charge in [-0.1, -0.05) is 0 Å². The number of sulfonamides is 1. The summed E-state index contributed by atoms with van der Waals surface area (Å²) < 4.78 is 37.0. The van der Waals surface area contributed by atoms with Crippen LogP contribution in [0.15, 0.2) is 23.1 Å². The second-order valence-electron chi connectivity index (χ2n) is 7.79. The summed E-state index contributed by atoms with van der Waals surface area (Å²) >= 11 is 0. The lowest BCUT2D eigenvalue weighted by Crippen LogP contribution is -2.47. The molecule has 1 aromatic rings. The maximum Gasteiger partial charge on any atom is 0.407 e. The Kier molecular flexibility index (Phi) is 7.12. The molecule has 2 amide bonds. The minimum atomic E-state index is -3.77. The molecule has 1 aliphatic heterocycles. The molecule has 1 aromatic carbocycles. The highest BCUT2D eigenvalue weighted by Crippen LogP contribution is 2.26. The molecule has 0 aliphatic carbocycles. The molecular formula is C19H29N3O6S. The van der Waals surface area contributed by atoms with Crippen LogP contribution in [0.5, 0.6) is 5.75 Å². The highest BCUT2D eigenvalue weighted by molar-refractivity contribution is 7.89. The average Bonchev–Trinajstić information content (AvgIpc) is 2.66. The molecule has 2 N–H and O–H groups in total. The van der Waals surface area contributed by atoms with Gasteiger partial charge in [0, 0.05) is 24.7 Å². The predicted octanol–water partition coefficient (Wildman–Crippen LogP) is 1.73. The minimum Gasteiger partial charge on any atom is -0.495 e. The van der Waals surface area contributed by atoms with E-state index in [4.69, 9.17) is 9.47 Å². The molecule has 0 bridgehead atoms. The third-order valence-corrected chi connectivity index (χ3v) is 5.91. The standard InChI is InChI=1S/C19H29N3O6S/c1-19(2,3)28-18(24)21-14-8-10-22(11-9-14)17(23)13-6-7-15(27-5)16(12-13)29(25,26)20-4/h6-7,12,14,20H,8-11H2,1-5H3,(H,21,24). The number of nitrogens with zero attached hydrogens (tertiary/aromatic N) is 1. The molecule has 0 aromatic heterocycles. The highest BCUT2D eigenvalue weighted by Gasteiger charge is 2.27. The molecular weight excluding hydrogens is 398 g/mol. The summed E-state index contributed by atoms with van der Waals surface area (Å²) in [6.07, 6.45) is 0.699. The predicted molar refractivity (Wildman–Crippen MR) is 108 cm³/mol. The van der Waals surface area contributed by atoms with Gasteiger partial charge in [-0.05, 0) is 58.9 Å². The number of alkyl carbamates (subject to hydrolysis) is 1. The molecule has 10 heteroatoms. The van der Waals surface area contributed by atoms with E-state index in [2.05, 4.69) is 10.0 Å². The first-order valence-electron chi connectivity index (χ1n) is 9.37. The number of piperidine rings is 1. The molecule has 162 valence electrons.